The van der Waals surface area contributed by atoms with E-state index in [4.69, 9.17) is 0 Å². The summed E-state index contributed by atoms with van der Waals surface area (Å²) < 4.78 is 0. The summed E-state index contributed by atoms with van der Waals surface area (Å²) in [7, 11) is 0. The summed E-state index contributed by atoms with van der Waals surface area (Å²) in [4.78, 5) is 0. The van der Waals surface area contributed by atoms with Gasteiger partial charge in [-0.15, -0.1) is 6.58 Å². The SMILES string of the molecule is C=C[C@H](C)[C@@H](O)[C@@H](C)[C@H](O)C1CCCCC1. The van der Waals surface area contributed by atoms with E-state index in [1.165, 1.54) is 19.3 Å². The zero-order valence-corrected chi connectivity index (χ0v) is 10.6. The molecule has 0 aromatic heterocycles. The molecule has 94 valence electrons. The Morgan fingerprint density at radius 2 is 1.69 bits per heavy atom. The molecule has 0 aromatic carbocycles. The van der Waals surface area contributed by atoms with Crippen LogP contribution in [0, 0.1) is 17.8 Å². The van der Waals surface area contributed by atoms with Crippen LogP contribution in [0.25, 0.3) is 0 Å². The van der Waals surface area contributed by atoms with Crippen molar-refractivity contribution in [3.63, 3.8) is 0 Å². The molecule has 1 aliphatic rings. The summed E-state index contributed by atoms with van der Waals surface area (Å²) in [5, 5.41) is 20.3. The van der Waals surface area contributed by atoms with Gasteiger partial charge in [-0.1, -0.05) is 39.2 Å². The van der Waals surface area contributed by atoms with E-state index in [0.717, 1.165) is 12.8 Å². The van der Waals surface area contributed by atoms with Gasteiger partial charge >= 0.3 is 0 Å². The maximum atomic E-state index is 10.3. The Balaban J connectivity index is 2.50. The Hall–Kier alpha value is -0.340. The van der Waals surface area contributed by atoms with Gasteiger partial charge in [-0.05, 0) is 18.8 Å². The molecule has 1 aliphatic carbocycles. The molecule has 2 heteroatoms. The van der Waals surface area contributed by atoms with E-state index < -0.39 is 6.10 Å². The lowest BCUT2D eigenvalue weighted by molar-refractivity contribution is -0.0316. The topological polar surface area (TPSA) is 40.5 Å². The fourth-order valence-corrected chi connectivity index (χ4v) is 2.73. The van der Waals surface area contributed by atoms with Crippen LogP contribution >= 0.6 is 0 Å². The Kier molecular flexibility index (Phi) is 5.50. The molecule has 0 radical (unpaired) electrons. The van der Waals surface area contributed by atoms with Gasteiger partial charge < -0.3 is 10.2 Å². The van der Waals surface area contributed by atoms with Crippen LogP contribution in [-0.2, 0) is 0 Å². The van der Waals surface area contributed by atoms with Gasteiger partial charge in [0.15, 0.2) is 0 Å². The van der Waals surface area contributed by atoms with Crippen LogP contribution < -0.4 is 0 Å². The Morgan fingerprint density at radius 1 is 1.12 bits per heavy atom. The summed E-state index contributed by atoms with van der Waals surface area (Å²) in [6, 6.07) is 0. The third-order valence-corrected chi connectivity index (χ3v) is 4.12. The van der Waals surface area contributed by atoms with Crippen molar-refractivity contribution in [2.45, 2.75) is 58.2 Å². The first-order valence-corrected chi connectivity index (χ1v) is 6.56. The summed E-state index contributed by atoms with van der Waals surface area (Å²) in [6.07, 6.45) is 6.88. The second kappa shape index (κ2) is 6.41. The van der Waals surface area contributed by atoms with Crippen molar-refractivity contribution >= 4 is 0 Å². The van der Waals surface area contributed by atoms with Crippen LogP contribution in [0.15, 0.2) is 12.7 Å². The minimum atomic E-state index is -0.477. The third kappa shape index (κ3) is 3.33. The molecular weight excluding hydrogens is 200 g/mol. The van der Waals surface area contributed by atoms with Gasteiger partial charge in [-0.3, -0.25) is 0 Å². The number of aliphatic hydroxyl groups is 2. The highest BCUT2D eigenvalue weighted by Crippen LogP contribution is 2.31. The Bertz CT molecular complexity index is 209. The summed E-state index contributed by atoms with van der Waals surface area (Å²) in [5.74, 6) is 0.375. The number of rotatable bonds is 5. The van der Waals surface area contributed by atoms with E-state index in [0.29, 0.717) is 5.92 Å². The molecular formula is C14H26O2. The summed E-state index contributed by atoms with van der Waals surface area (Å²) >= 11 is 0. The lowest BCUT2D eigenvalue weighted by Crippen LogP contribution is -2.38. The molecule has 0 spiro atoms. The molecule has 4 atom stereocenters. The first kappa shape index (κ1) is 13.7. The number of hydrogen-bond donors (Lipinski definition) is 2. The largest absolute Gasteiger partial charge is 0.392 e. The van der Waals surface area contributed by atoms with E-state index in [9.17, 15) is 10.2 Å². The van der Waals surface area contributed by atoms with Gasteiger partial charge in [0, 0.05) is 11.8 Å². The van der Waals surface area contributed by atoms with Crippen molar-refractivity contribution in [3.05, 3.63) is 12.7 Å². The molecule has 1 rings (SSSR count). The van der Waals surface area contributed by atoms with Gasteiger partial charge in [0.1, 0.15) is 0 Å². The highest BCUT2D eigenvalue weighted by molar-refractivity contribution is 4.88. The first-order valence-electron chi connectivity index (χ1n) is 6.56. The molecule has 0 unspecified atom stereocenters. The molecule has 16 heavy (non-hydrogen) atoms. The fraction of sp³-hybridized carbons (Fsp3) is 0.857. The zero-order chi connectivity index (χ0) is 12.1. The summed E-state index contributed by atoms with van der Waals surface area (Å²) in [6.45, 7) is 7.59. The van der Waals surface area contributed by atoms with Gasteiger partial charge in [-0.25, -0.2) is 0 Å². The molecule has 0 amide bonds. The number of aliphatic hydroxyl groups excluding tert-OH is 2. The monoisotopic (exact) mass is 226 g/mol. The van der Waals surface area contributed by atoms with E-state index in [2.05, 4.69) is 6.58 Å². The predicted molar refractivity (Wildman–Crippen MR) is 67.1 cm³/mol. The molecule has 0 heterocycles. The van der Waals surface area contributed by atoms with Crippen molar-refractivity contribution in [1.82, 2.24) is 0 Å². The van der Waals surface area contributed by atoms with Crippen molar-refractivity contribution in [2.24, 2.45) is 17.8 Å². The molecule has 0 saturated heterocycles. The molecule has 2 nitrogen and oxygen atoms in total. The third-order valence-electron chi connectivity index (χ3n) is 4.12. The van der Waals surface area contributed by atoms with Crippen molar-refractivity contribution in [2.75, 3.05) is 0 Å². The van der Waals surface area contributed by atoms with Crippen molar-refractivity contribution in [3.8, 4) is 0 Å². The smallest absolute Gasteiger partial charge is 0.0650 e. The fourth-order valence-electron chi connectivity index (χ4n) is 2.73. The van der Waals surface area contributed by atoms with Crippen molar-refractivity contribution in [1.29, 1.82) is 0 Å². The molecule has 1 fully saturated rings. The molecule has 1 saturated carbocycles. The van der Waals surface area contributed by atoms with Crippen LogP contribution in [0.4, 0.5) is 0 Å². The first-order chi connectivity index (χ1) is 7.57. The maximum Gasteiger partial charge on any atom is 0.0650 e. The molecule has 0 aromatic rings. The zero-order valence-electron chi connectivity index (χ0n) is 10.6. The van der Waals surface area contributed by atoms with E-state index in [1.54, 1.807) is 6.08 Å². The minimum absolute atomic E-state index is 0.0493. The van der Waals surface area contributed by atoms with Crippen LogP contribution in [-0.4, -0.2) is 22.4 Å². The second-order valence-corrected chi connectivity index (χ2v) is 5.33. The minimum Gasteiger partial charge on any atom is -0.392 e. The highest BCUT2D eigenvalue weighted by atomic mass is 16.3. The molecule has 2 N–H and O–H groups in total. The Morgan fingerprint density at radius 3 is 2.19 bits per heavy atom. The van der Waals surface area contributed by atoms with Crippen LogP contribution in [0.5, 0.6) is 0 Å². The molecule has 0 aliphatic heterocycles. The molecule has 0 bridgehead atoms. The second-order valence-electron chi connectivity index (χ2n) is 5.33. The number of hydrogen-bond acceptors (Lipinski definition) is 2. The average molecular weight is 226 g/mol. The van der Waals surface area contributed by atoms with Gasteiger partial charge in [0.25, 0.3) is 0 Å². The van der Waals surface area contributed by atoms with Crippen LogP contribution in [0.3, 0.4) is 0 Å². The van der Waals surface area contributed by atoms with Crippen molar-refractivity contribution < 1.29 is 10.2 Å². The highest BCUT2D eigenvalue weighted by Gasteiger charge is 2.31. The quantitative estimate of drug-likeness (QED) is 0.708. The normalized spacial score (nSPS) is 25.8. The van der Waals surface area contributed by atoms with Gasteiger partial charge in [0.2, 0.25) is 0 Å². The standard InChI is InChI=1S/C14H26O2/c1-4-10(2)13(15)11(3)14(16)12-8-6-5-7-9-12/h4,10-16H,1,5-9H2,2-3H3/t10-,11+,13+,14-/m0/s1. The maximum absolute atomic E-state index is 10.3. The van der Waals surface area contributed by atoms with Gasteiger partial charge in [0.05, 0.1) is 12.2 Å². The predicted octanol–water partition coefficient (Wildman–Crippen LogP) is 2.75. The van der Waals surface area contributed by atoms with E-state index in [-0.39, 0.29) is 17.9 Å². The van der Waals surface area contributed by atoms with E-state index >= 15 is 0 Å². The Labute approximate surface area is 99.4 Å². The van der Waals surface area contributed by atoms with Crippen LogP contribution in [0.1, 0.15) is 46.0 Å². The van der Waals surface area contributed by atoms with Crippen LogP contribution in [0.2, 0.25) is 0 Å². The van der Waals surface area contributed by atoms with E-state index in [1.807, 2.05) is 13.8 Å². The summed E-state index contributed by atoms with van der Waals surface area (Å²) in [5.41, 5.74) is 0. The van der Waals surface area contributed by atoms with Gasteiger partial charge in [-0.2, -0.15) is 0 Å². The lowest BCUT2D eigenvalue weighted by atomic mass is 9.77. The lowest BCUT2D eigenvalue weighted by Gasteiger charge is -2.34. The average Bonchev–Trinajstić information content (AvgIpc) is 2.36.